The lowest BCUT2D eigenvalue weighted by atomic mass is 10.1. The Hall–Kier alpha value is -2.26. The number of para-hydroxylation sites is 1. The van der Waals surface area contributed by atoms with Gasteiger partial charge in [0, 0.05) is 23.2 Å². The van der Waals surface area contributed by atoms with Gasteiger partial charge in [0.25, 0.3) is 0 Å². The first-order valence-corrected chi connectivity index (χ1v) is 7.91. The number of carbonyl (C=O) groups is 1. The van der Waals surface area contributed by atoms with Gasteiger partial charge in [-0.05, 0) is 36.6 Å². The minimum Gasteiger partial charge on any atom is -0.496 e. The first kappa shape index (κ1) is 17.1. The van der Waals surface area contributed by atoms with E-state index in [1.54, 1.807) is 13.2 Å². The van der Waals surface area contributed by atoms with Crippen LogP contribution in [0.3, 0.4) is 0 Å². The number of hydrogen-bond acceptors (Lipinski definition) is 2. The molecule has 0 aliphatic rings. The molecule has 4 heteroatoms. The maximum Gasteiger partial charge on any atom is 0.244 e. The van der Waals surface area contributed by atoms with Crippen molar-refractivity contribution in [1.29, 1.82) is 0 Å². The van der Waals surface area contributed by atoms with Crippen LogP contribution in [0.1, 0.15) is 17.5 Å². The molecule has 0 aromatic heterocycles. The molecule has 0 spiro atoms. The molecule has 120 valence electrons. The average molecular weight is 330 g/mol. The molecule has 1 N–H and O–H groups in total. The minimum absolute atomic E-state index is 0.116. The van der Waals surface area contributed by atoms with Gasteiger partial charge < -0.3 is 10.1 Å². The number of benzene rings is 2. The van der Waals surface area contributed by atoms with Crippen LogP contribution in [0, 0.1) is 0 Å². The molecule has 0 aliphatic heterocycles. The zero-order valence-electron chi connectivity index (χ0n) is 13.1. The summed E-state index contributed by atoms with van der Waals surface area (Å²) in [6, 6.07) is 15.3. The Kier molecular flexibility index (Phi) is 6.70. The van der Waals surface area contributed by atoms with Crippen LogP contribution in [0.2, 0.25) is 5.02 Å². The highest BCUT2D eigenvalue weighted by molar-refractivity contribution is 6.31. The Bertz CT molecular complexity index is 683. The molecule has 0 atom stereocenters. The first-order valence-electron chi connectivity index (χ1n) is 7.53. The predicted molar refractivity (Wildman–Crippen MR) is 94.8 cm³/mol. The van der Waals surface area contributed by atoms with Crippen LogP contribution in [0.15, 0.2) is 54.6 Å². The van der Waals surface area contributed by atoms with Crippen molar-refractivity contribution < 1.29 is 9.53 Å². The third kappa shape index (κ3) is 5.46. The van der Waals surface area contributed by atoms with Crippen molar-refractivity contribution in [2.45, 2.75) is 12.8 Å². The van der Waals surface area contributed by atoms with E-state index < -0.39 is 0 Å². The molecule has 2 aromatic carbocycles. The topological polar surface area (TPSA) is 38.3 Å². The van der Waals surface area contributed by atoms with Crippen LogP contribution >= 0.6 is 11.6 Å². The van der Waals surface area contributed by atoms with Crippen LogP contribution in [0.25, 0.3) is 6.08 Å². The van der Waals surface area contributed by atoms with Gasteiger partial charge in [-0.25, -0.2) is 0 Å². The molecule has 0 unspecified atom stereocenters. The third-order valence-electron chi connectivity index (χ3n) is 3.43. The van der Waals surface area contributed by atoms with E-state index >= 15 is 0 Å². The number of nitrogens with one attached hydrogen (secondary N) is 1. The lowest BCUT2D eigenvalue weighted by molar-refractivity contribution is -0.116. The number of carbonyl (C=O) groups excluding carboxylic acids is 1. The van der Waals surface area contributed by atoms with Gasteiger partial charge in [0.2, 0.25) is 5.91 Å². The summed E-state index contributed by atoms with van der Waals surface area (Å²) >= 11 is 6.10. The molecule has 1 amide bonds. The Morgan fingerprint density at radius 1 is 1.17 bits per heavy atom. The lowest BCUT2D eigenvalue weighted by Gasteiger charge is -2.05. The highest BCUT2D eigenvalue weighted by Crippen LogP contribution is 2.18. The van der Waals surface area contributed by atoms with Gasteiger partial charge in [0.1, 0.15) is 5.75 Å². The van der Waals surface area contributed by atoms with Gasteiger partial charge in [-0.1, -0.05) is 48.0 Å². The fourth-order valence-electron chi connectivity index (χ4n) is 2.22. The third-order valence-corrected chi connectivity index (χ3v) is 3.80. The van der Waals surface area contributed by atoms with Crippen molar-refractivity contribution in [3.8, 4) is 5.75 Å². The van der Waals surface area contributed by atoms with Gasteiger partial charge in [0.15, 0.2) is 0 Å². The quantitative estimate of drug-likeness (QED) is 0.613. The molecule has 0 saturated heterocycles. The van der Waals surface area contributed by atoms with Gasteiger partial charge >= 0.3 is 0 Å². The molecule has 3 nitrogen and oxygen atoms in total. The normalized spacial score (nSPS) is 10.7. The van der Waals surface area contributed by atoms with Gasteiger partial charge in [-0.15, -0.1) is 0 Å². The molecule has 0 radical (unpaired) electrons. The average Bonchev–Trinajstić information content (AvgIpc) is 2.58. The zero-order chi connectivity index (χ0) is 16.5. The van der Waals surface area contributed by atoms with E-state index in [2.05, 4.69) is 5.32 Å². The van der Waals surface area contributed by atoms with Crippen LogP contribution < -0.4 is 10.1 Å². The Labute approximate surface area is 141 Å². The van der Waals surface area contributed by atoms with E-state index in [9.17, 15) is 4.79 Å². The SMILES string of the molecule is COc1ccccc1/C=C/C(=O)NCCCc1ccccc1Cl. The summed E-state index contributed by atoms with van der Waals surface area (Å²) in [4.78, 5) is 11.8. The summed E-state index contributed by atoms with van der Waals surface area (Å²) in [7, 11) is 1.61. The Morgan fingerprint density at radius 2 is 1.91 bits per heavy atom. The zero-order valence-corrected chi connectivity index (χ0v) is 13.8. The molecular weight excluding hydrogens is 310 g/mol. The molecule has 23 heavy (non-hydrogen) atoms. The van der Waals surface area contributed by atoms with Crippen LogP contribution in [0.5, 0.6) is 5.75 Å². The fraction of sp³-hybridized carbons (Fsp3) is 0.211. The van der Waals surface area contributed by atoms with E-state index in [-0.39, 0.29) is 5.91 Å². The van der Waals surface area contributed by atoms with Crippen LogP contribution in [0.4, 0.5) is 0 Å². The summed E-state index contributed by atoms with van der Waals surface area (Å²) < 4.78 is 5.24. The smallest absolute Gasteiger partial charge is 0.244 e. The maximum atomic E-state index is 11.8. The van der Waals surface area contributed by atoms with Crippen LogP contribution in [-0.4, -0.2) is 19.6 Å². The van der Waals surface area contributed by atoms with Crippen LogP contribution in [-0.2, 0) is 11.2 Å². The number of rotatable bonds is 7. The summed E-state index contributed by atoms with van der Waals surface area (Å²) in [6.45, 7) is 0.611. The van der Waals surface area contributed by atoms with Crippen molar-refractivity contribution >= 4 is 23.6 Å². The van der Waals surface area contributed by atoms with E-state index in [0.717, 1.165) is 34.7 Å². The number of ether oxygens (including phenoxy) is 1. The highest BCUT2D eigenvalue weighted by Gasteiger charge is 2.01. The molecule has 0 heterocycles. The van der Waals surface area contributed by atoms with Gasteiger partial charge in [-0.3, -0.25) is 4.79 Å². The summed E-state index contributed by atoms with van der Waals surface area (Å²) in [5.41, 5.74) is 1.98. The number of hydrogen-bond donors (Lipinski definition) is 1. The Balaban J connectivity index is 1.77. The second kappa shape index (κ2) is 9.01. The Morgan fingerprint density at radius 3 is 2.70 bits per heavy atom. The van der Waals surface area contributed by atoms with Crippen molar-refractivity contribution in [3.63, 3.8) is 0 Å². The van der Waals surface area contributed by atoms with E-state index in [1.807, 2.05) is 48.5 Å². The second-order valence-electron chi connectivity index (χ2n) is 5.06. The highest BCUT2D eigenvalue weighted by atomic mass is 35.5. The van der Waals surface area contributed by atoms with Crippen molar-refractivity contribution in [2.24, 2.45) is 0 Å². The molecule has 2 rings (SSSR count). The second-order valence-corrected chi connectivity index (χ2v) is 5.47. The van der Waals surface area contributed by atoms with Crippen molar-refractivity contribution in [3.05, 3.63) is 70.8 Å². The monoisotopic (exact) mass is 329 g/mol. The number of amides is 1. The fourth-order valence-corrected chi connectivity index (χ4v) is 2.45. The van der Waals surface area contributed by atoms with Crippen molar-refractivity contribution in [1.82, 2.24) is 5.32 Å². The number of halogens is 1. The molecular formula is C19H20ClNO2. The largest absolute Gasteiger partial charge is 0.496 e. The maximum absolute atomic E-state index is 11.8. The van der Waals surface area contributed by atoms with Gasteiger partial charge in [0.05, 0.1) is 7.11 Å². The molecule has 0 bridgehead atoms. The number of aryl methyl sites for hydroxylation is 1. The summed E-state index contributed by atoms with van der Waals surface area (Å²) in [6.07, 6.45) is 4.96. The summed E-state index contributed by atoms with van der Waals surface area (Å²) in [5.74, 6) is 0.630. The first-order chi connectivity index (χ1) is 11.2. The molecule has 2 aromatic rings. The standard InChI is InChI=1S/C19H20ClNO2/c1-23-18-11-5-3-8-16(18)12-13-19(22)21-14-6-9-15-7-2-4-10-17(15)20/h2-5,7-8,10-13H,6,9,14H2,1H3,(H,21,22)/b13-12+. The lowest BCUT2D eigenvalue weighted by Crippen LogP contribution is -2.22. The molecule has 0 saturated carbocycles. The molecule has 0 aliphatic carbocycles. The van der Waals surface area contributed by atoms with E-state index in [1.165, 1.54) is 6.08 Å². The number of methoxy groups -OCH3 is 1. The minimum atomic E-state index is -0.116. The predicted octanol–water partition coefficient (Wildman–Crippen LogP) is 4.11. The van der Waals surface area contributed by atoms with E-state index in [0.29, 0.717) is 6.54 Å². The van der Waals surface area contributed by atoms with Gasteiger partial charge in [-0.2, -0.15) is 0 Å². The summed E-state index contributed by atoms with van der Waals surface area (Å²) in [5, 5.41) is 3.64. The van der Waals surface area contributed by atoms with E-state index in [4.69, 9.17) is 16.3 Å². The van der Waals surface area contributed by atoms with Crippen molar-refractivity contribution in [2.75, 3.05) is 13.7 Å². The molecule has 0 fully saturated rings.